The molecule has 3 aromatic rings. The summed E-state index contributed by atoms with van der Waals surface area (Å²) in [4.78, 5) is 50.9. The van der Waals surface area contributed by atoms with Crippen molar-refractivity contribution in [3.8, 4) is 5.75 Å². The number of ether oxygens (including phenoxy) is 2. The van der Waals surface area contributed by atoms with E-state index in [2.05, 4.69) is 9.13 Å². The van der Waals surface area contributed by atoms with Crippen LogP contribution in [0, 0.1) is 5.92 Å². The number of methoxy groups -OCH3 is 1. The van der Waals surface area contributed by atoms with Crippen molar-refractivity contribution in [1.29, 1.82) is 0 Å². The van der Waals surface area contributed by atoms with Crippen LogP contribution in [0.4, 0.5) is 13.2 Å². The number of aromatic nitrogens is 2. The third kappa shape index (κ3) is 7.65. The molecule has 0 saturated carbocycles. The van der Waals surface area contributed by atoms with Gasteiger partial charge in [0.2, 0.25) is 5.91 Å². The zero-order valence-electron chi connectivity index (χ0n) is 25.4. The number of halogens is 3. The highest BCUT2D eigenvalue weighted by molar-refractivity contribution is 6.21. The maximum Gasteiger partial charge on any atom is 0.490 e. The number of hydrogen-bond acceptors (Lipinski definition) is 7. The van der Waals surface area contributed by atoms with E-state index in [-0.39, 0.29) is 42.5 Å². The molecule has 46 heavy (non-hydrogen) atoms. The number of hydrogen-bond donors (Lipinski definition) is 1. The Hall–Kier alpha value is -4.50. The van der Waals surface area contributed by atoms with Crippen LogP contribution >= 0.6 is 0 Å². The minimum atomic E-state index is -5.08. The average molecular weight is 649 g/mol. The standard InChI is InChI=1S/C29H34N4O6.C2HF3O2/c1-3-31-24-9-8-21(34)16-25(24)32(17-20-10-12-30(13-11-20)27(35)19-39-15-14-38-2)26(31)18-33-28(36)22-6-4-5-7-23(22)29(33)37;3-2(4,5)1(6)7/h4-9,16,20H,3,10-15,17-19H2,1-2H3;(H,6,7). The van der Waals surface area contributed by atoms with Gasteiger partial charge in [0, 0.05) is 26.1 Å². The molecule has 2 aromatic carbocycles. The normalized spacial score (nSPS) is 15.2. The van der Waals surface area contributed by atoms with Gasteiger partial charge < -0.3 is 24.6 Å². The first-order chi connectivity index (χ1) is 21.9. The fourth-order valence-corrected chi connectivity index (χ4v) is 5.64. The first kappa shape index (κ1) is 34.4. The topological polar surface area (TPSA) is 145 Å². The highest BCUT2D eigenvalue weighted by Gasteiger charge is 2.40. The number of likely N-dealkylation sites (tertiary alicyclic amines) is 1. The summed E-state index contributed by atoms with van der Waals surface area (Å²) in [5.74, 6) is -2.42. The van der Waals surface area contributed by atoms with Crippen molar-refractivity contribution in [1.82, 2.24) is 14.4 Å². The van der Waals surface area contributed by atoms with E-state index >= 15 is 0 Å². The van der Waals surface area contributed by atoms with Crippen LogP contribution in [0.2, 0.25) is 0 Å². The number of carboxylic acids is 1. The van der Waals surface area contributed by atoms with Crippen LogP contribution in [0.15, 0.2) is 42.5 Å². The molecule has 0 spiro atoms. The number of fused-ring (bicyclic) bond motifs is 2. The fraction of sp³-hybridized carbons (Fsp3) is 0.452. The molecule has 0 radical (unpaired) electrons. The highest BCUT2D eigenvalue weighted by atomic mass is 19.4. The van der Waals surface area contributed by atoms with E-state index in [0.29, 0.717) is 50.5 Å². The van der Waals surface area contributed by atoms with Crippen LogP contribution in [0.25, 0.3) is 11.0 Å². The molecule has 1 aromatic heterocycles. The molecule has 3 heterocycles. The number of imide groups is 1. The molecule has 248 valence electrons. The molecule has 3 amide bonds. The molecule has 2 aliphatic rings. The monoisotopic (exact) mass is 648 g/mol. The van der Waals surface area contributed by atoms with Crippen molar-refractivity contribution >= 4 is 34.7 Å². The molecule has 12 nitrogen and oxygen atoms in total. The van der Waals surface area contributed by atoms with Crippen LogP contribution in [0.1, 0.15) is 46.3 Å². The van der Waals surface area contributed by atoms with Gasteiger partial charge in [0.05, 0.1) is 37.4 Å². The number of aryl methyl sites for hydroxylation is 1. The van der Waals surface area contributed by atoms with Gasteiger partial charge in [-0.15, -0.1) is 5.75 Å². The number of carbonyl (C=O) groups excluding carboxylic acids is 3. The average Bonchev–Trinajstić information content (AvgIpc) is 3.45. The molecule has 1 saturated heterocycles. The van der Waals surface area contributed by atoms with Gasteiger partial charge in [0.15, 0.2) is 11.0 Å². The molecule has 2 aliphatic heterocycles. The zero-order valence-corrected chi connectivity index (χ0v) is 25.4. The van der Waals surface area contributed by atoms with Gasteiger partial charge in [-0.1, -0.05) is 18.2 Å². The second-order valence-electron chi connectivity index (χ2n) is 10.8. The first-order valence-electron chi connectivity index (χ1n) is 14.7. The second-order valence-corrected chi connectivity index (χ2v) is 10.8. The molecular formula is C31H35F3N4O8. The molecular weight excluding hydrogens is 613 g/mol. The van der Waals surface area contributed by atoms with Gasteiger partial charge in [-0.2, -0.15) is 13.2 Å². The van der Waals surface area contributed by atoms with Crippen molar-refractivity contribution in [3.05, 3.63) is 59.4 Å². The van der Waals surface area contributed by atoms with Gasteiger partial charge in [-0.25, -0.2) is 13.9 Å². The summed E-state index contributed by atoms with van der Waals surface area (Å²) in [5, 5.41) is 19.5. The lowest BCUT2D eigenvalue weighted by Crippen LogP contribution is -2.43. The molecule has 0 bridgehead atoms. The lowest BCUT2D eigenvalue weighted by Gasteiger charge is -2.31. The molecule has 0 unspecified atom stereocenters. The lowest BCUT2D eigenvalue weighted by atomic mass is 9.96. The number of piperidine rings is 1. The summed E-state index contributed by atoms with van der Waals surface area (Å²) in [6, 6.07) is 11.9. The first-order valence-corrected chi connectivity index (χ1v) is 14.7. The van der Waals surface area contributed by atoms with Crippen molar-refractivity contribution < 1.29 is 56.6 Å². The summed E-state index contributed by atoms with van der Waals surface area (Å²) < 4.78 is 46.3. The van der Waals surface area contributed by atoms with Crippen LogP contribution in [0.3, 0.4) is 0 Å². The van der Waals surface area contributed by atoms with Crippen molar-refractivity contribution in [2.75, 3.05) is 40.0 Å². The Morgan fingerprint density at radius 1 is 1.04 bits per heavy atom. The Labute approximate surface area is 262 Å². The quantitative estimate of drug-likeness (QED) is 0.200. The zero-order chi connectivity index (χ0) is 33.6. The third-order valence-corrected chi connectivity index (χ3v) is 7.95. The molecule has 0 aliphatic carbocycles. The summed E-state index contributed by atoms with van der Waals surface area (Å²) in [6.07, 6.45) is -3.47. The molecule has 15 heteroatoms. The van der Waals surface area contributed by atoms with E-state index in [1.54, 1.807) is 43.5 Å². The number of nitrogens with zero attached hydrogens (tertiary/aromatic N) is 4. The third-order valence-electron chi connectivity index (χ3n) is 7.95. The number of rotatable bonds is 10. The minimum absolute atomic E-state index is 0.0258. The number of benzene rings is 2. The predicted octanol–water partition coefficient (Wildman–Crippen LogP) is 2.35. The van der Waals surface area contributed by atoms with E-state index in [1.807, 2.05) is 17.9 Å². The Balaban J connectivity index is 0.000000617. The maximum atomic E-state index is 13.2. The van der Waals surface area contributed by atoms with Crippen molar-refractivity contribution in [2.24, 2.45) is 5.92 Å². The Morgan fingerprint density at radius 3 is 2.20 bits per heavy atom. The number of carbonyl (C=O) groups is 4. The molecule has 1 fully saturated rings. The summed E-state index contributed by atoms with van der Waals surface area (Å²) in [7, 11) is 1.59. The summed E-state index contributed by atoms with van der Waals surface area (Å²) in [5.41, 5.74) is 2.52. The summed E-state index contributed by atoms with van der Waals surface area (Å²) in [6.45, 7) is 5.51. The van der Waals surface area contributed by atoms with Gasteiger partial charge in [-0.05, 0) is 44.0 Å². The number of amides is 3. The Kier molecular flexibility index (Phi) is 11.0. The largest absolute Gasteiger partial charge is 0.872 e. The van der Waals surface area contributed by atoms with E-state index in [1.165, 1.54) is 4.90 Å². The molecule has 0 atom stereocenters. The van der Waals surface area contributed by atoms with Gasteiger partial charge >= 0.3 is 12.1 Å². The van der Waals surface area contributed by atoms with Crippen molar-refractivity contribution in [3.63, 3.8) is 0 Å². The smallest absolute Gasteiger partial charge is 0.490 e. The fourth-order valence-electron chi connectivity index (χ4n) is 5.64. The van der Waals surface area contributed by atoms with E-state index in [0.717, 1.165) is 29.7 Å². The van der Waals surface area contributed by atoms with E-state index < -0.39 is 12.1 Å². The van der Waals surface area contributed by atoms with Gasteiger partial charge in [0.25, 0.3) is 17.6 Å². The van der Waals surface area contributed by atoms with Crippen LogP contribution < -0.4 is 9.67 Å². The number of alkyl halides is 3. The molecule has 1 N–H and O–H groups in total. The summed E-state index contributed by atoms with van der Waals surface area (Å²) >= 11 is 0. The number of aliphatic carboxylic acids is 1. The number of carboxylic acid groups (broad SMARTS) is 1. The lowest BCUT2D eigenvalue weighted by molar-refractivity contribution is -0.677. The second kappa shape index (κ2) is 14.7. The van der Waals surface area contributed by atoms with Crippen LogP contribution in [-0.4, -0.2) is 89.4 Å². The van der Waals surface area contributed by atoms with E-state index in [4.69, 9.17) is 19.4 Å². The minimum Gasteiger partial charge on any atom is -0.872 e. The Morgan fingerprint density at radius 2 is 1.65 bits per heavy atom. The number of imidazole rings is 1. The van der Waals surface area contributed by atoms with E-state index in [9.17, 15) is 32.7 Å². The SMILES string of the molecule is CC[n+]1c(CN2C(=O)c3ccccc3C2=O)n(CC2CCN(C(=O)COCCOC)CC2)c2cc([O-])ccc21.O=C(O)C(F)(F)F. The van der Waals surface area contributed by atoms with Crippen molar-refractivity contribution in [2.45, 2.75) is 45.6 Å². The maximum absolute atomic E-state index is 13.2. The highest BCUT2D eigenvalue weighted by Crippen LogP contribution is 2.28. The molecule has 5 rings (SSSR count). The van der Waals surface area contributed by atoms with Crippen LogP contribution in [-0.2, 0) is 38.7 Å². The van der Waals surface area contributed by atoms with Gasteiger partial charge in [-0.3, -0.25) is 19.3 Å². The predicted molar refractivity (Wildman–Crippen MR) is 154 cm³/mol. The Bertz CT molecular complexity index is 1560. The van der Waals surface area contributed by atoms with Gasteiger partial charge in [0.1, 0.15) is 13.2 Å². The van der Waals surface area contributed by atoms with Crippen LogP contribution in [0.5, 0.6) is 5.75 Å².